The van der Waals surface area contributed by atoms with Crippen LogP contribution in [0.15, 0.2) is 41.8 Å². The van der Waals surface area contributed by atoms with Gasteiger partial charge in [0.05, 0.1) is 7.11 Å². The number of tetrazole rings is 1. The molecule has 0 spiro atoms. The number of aliphatic hydroxyl groups is 1. The molecule has 0 aliphatic heterocycles. The van der Waals surface area contributed by atoms with Crippen molar-refractivity contribution in [3.63, 3.8) is 0 Å². The minimum Gasteiger partial charge on any atom is -0.497 e. The summed E-state index contributed by atoms with van der Waals surface area (Å²) in [5, 5.41) is 25.2. The first-order chi connectivity index (χ1) is 11.2. The Morgan fingerprint density at radius 1 is 1.35 bits per heavy atom. The summed E-state index contributed by atoms with van der Waals surface area (Å²) in [5.74, 6) is 1.12. The molecule has 2 N–H and O–H groups in total. The van der Waals surface area contributed by atoms with Crippen LogP contribution in [0.5, 0.6) is 5.75 Å². The maximum atomic E-state index is 9.88. The van der Waals surface area contributed by atoms with E-state index in [-0.39, 0.29) is 5.82 Å². The third-order valence-corrected chi connectivity index (χ3v) is 4.26. The summed E-state index contributed by atoms with van der Waals surface area (Å²) < 4.78 is 5.16. The van der Waals surface area contributed by atoms with E-state index in [9.17, 15) is 5.11 Å². The molecule has 3 aromatic rings. The van der Waals surface area contributed by atoms with Gasteiger partial charge in [-0.15, -0.1) is 21.5 Å². The Bertz CT molecular complexity index is 766. The van der Waals surface area contributed by atoms with Gasteiger partial charge in [-0.3, -0.25) is 0 Å². The first-order valence-corrected chi connectivity index (χ1v) is 7.92. The van der Waals surface area contributed by atoms with E-state index in [1.54, 1.807) is 24.5 Å². The molecule has 0 saturated carbocycles. The third kappa shape index (κ3) is 4.02. The summed E-state index contributed by atoms with van der Waals surface area (Å²) in [6.45, 7) is 0. The molecule has 1 atom stereocenters. The van der Waals surface area contributed by atoms with E-state index in [4.69, 9.17) is 4.74 Å². The standard InChI is InChI=1S/C16H16N4O2S/c1-22-13-5-2-11(3-6-13)8-14-9-12(10-23-14)4-7-15(21)16-17-19-20-18-16/h2-7,9-10,15,21H,8H2,1H3,(H,17,18,19,20). The Kier molecular flexibility index (Phi) is 4.80. The van der Waals surface area contributed by atoms with Crippen LogP contribution in [0.4, 0.5) is 0 Å². The van der Waals surface area contributed by atoms with Crippen LogP contribution in [0.25, 0.3) is 6.08 Å². The molecule has 0 aliphatic rings. The van der Waals surface area contributed by atoms with E-state index in [0.717, 1.165) is 17.7 Å². The van der Waals surface area contributed by atoms with Crippen LogP contribution >= 0.6 is 11.3 Å². The van der Waals surface area contributed by atoms with Crippen LogP contribution in [0.2, 0.25) is 0 Å². The molecule has 3 rings (SSSR count). The average Bonchev–Trinajstić information content (AvgIpc) is 3.25. The largest absolute Gasteiger partial charge is 0.497 e. The zero-order valence-electron chi connectivity index (χ0n) is 12.5. The van der Waals surface area contributed by atoms with Gasteiger partial charge < -0.3 is 9.84 Å². The minimum absolute atomic E-state index is 0.259. The first kappa shape index (κ1) is 15.4. The summed E-state index contributed by atoms with van der Waals surface area (Å²) in [4.78, 5) is 1.25. The molecule has 0 radical (unpaired) electrons. The van der Waals surface area contributed by atoms with E-state index < -0.39 is 6.10 Å². The number of nitrogens with zero attached hydrogens (tertiary/aromatic N) is 3. The Hall–Kier alpha value is -2.51. The third-order valence-electron chi connectivity index (χ3n) is 3.31. The normalized spacial score (nSPS) is 12.6. The van der Waals surface area contributed by atoms with Crippen LogP contribution in [0.1, 0.15) is 27.9 Å². The Morgan fingerprint density at radius 3 is 2.87 bits per heavy atom. The van der Waals surface area contributed by atoms with Gasteiger partial charge in [0.15, 0.2) is 0 Å². The van der Waals surface area contributed by atoms with Crippen molar-refractivity contribution in [1.29, 1.82) is 0 Å². The van der Waals surface area contributed by atoms with Gasteiger partial charge in [-0.1, -0.05) is 23.4 Å². The number of hydrogen-bond donors (Lipinski definition) is 2. The summed E-state index contributed by atoms with van der Waals surface area (Å²) in [6, 6.07) is 10.2. The second-order valence-electron chi connectivity index (χ2n) is 4.95. The molecule has 6 nitrogen and oxygen atoms in total. The van der Waals surface area contributed by atoms with Crippen LogP contribution in [0, 0.1) is 0 Å². The van der Waals surface area contributed by atoms with Gasteiger partial charge in [-0.25, -0.2) is 0 Å². The maximum absolute atomic E-state index is 9.88. The lowest BCUT2D eigenvalue weighted by Gasteiger charge is -2.01. The second-order valence-corrected chi connectivity index (χ2v) is 5.94. The number of nitrogens with one attached hydrogen (secondary N) is 1. The minimum atomic E-state index is -0.862. The smallest absolute Gasteiger partial charge is 0.206 e. The number of aromatic nitrogens is 4. The van der Waals surface area contributed by atoms with Crippen LogP contribution in [0.3, 0.4) is 0 Å². The van der Waals surface area contributed by atoms with Crippen LogP contribution < -0.4 is 4.74 Å². The number of ether oxygens (including phenoxy) is 1. The highest BCUT2D eigenvalue weighted by Crippen LogP contribution is 2.22. The lowest BCUT2D eigenvalue weighted by molar-refractivity contribution is 0.219. The monoisotopic (exact) mass is 328 g/mol. The lowest BCUT2D eigenvalue weighted by Crippen LogP contribution is -1.95. The number of methoxy groups -OCH3 is 1. The first-order valence-electron chi connectivity index (χ1n) is 7.04. The number of rotatable bonds is 6. The highest BCUT2D eigenvalue weighted by Gasteiger charge is 2.08. The number of H-pyrrole nitrogens is 1. The van der Waals surface area contributed by atoms with Gasteiger partial charge in [-0.2, -0.15) is 5.21 Å². The fourth-order valence-electron chi connectivity index (χ4n) is 2.11. The topological polar surface area (TPSA) is 83.9 Å². The number of aromatic amines is 1. The highest BCUT2D eigenvalue weighted by atomic mass is 32.1. The van der Waals surface area contributed by atoms with Crippen molar-refractivity contribution in [2.24, 2.45) is 0 Å². The molecule has 1 aromatic carbocycles. The van der Waals surface area contributed by atoms with E-state index in [1.165, 1.54) is 10.4 Å². The Morgan fingerprint density at radius 2 is 2.17 bits per heavy atom. The molecule has 7 heteroatoms. The van der Waals surface area contributed by atoms with E-state index in [1.807, 2.05) is 18.2 Å². The van der Waals surface area contributed by atoms with Crippen molar-refractivity contribution in [2.75, 3.05) is 7.11 Å². The zero-order chi connectivity index (χ0) is 16.1. The average molecular weight is 328 g/mol. The highest BCUT2D eigenvalue weighted by molar-refractivity contribution is 7.10. The van der Waals surface area contributed by atoms with Gasteiger partial charge in [0.2, 0.25) is 5.82 Å². The number of hydrogen-bond acceptors (Lipinski definition) is 6. The molecule has 2 aromatic heterocycles. The number of thiophene rings is 1. The Balaban J connectivity index is 1.63. The summed E-state index contributed by atoms with van der Waals surface area (Å²) >= 11 is 1.69. The van der Waals surface area contributed by atoms with Crippen LogP contribution in [-0.4, -0.2) is 32.8 Å². The maximum Gasteiger partial charge on any atom is 0.206 e. The van der Waals surface area contributed by atoms with Crippen molar-refractivity contribution in [2.45, 2.75) is 12.5 Å². The van der Waals surface area contributed by atoms with Crippen molar-refractivity contribution in [3.8, 4) is 5.75 Å². The molecule has 23 heavy (non-hydrogen) atoms. The summed E-state index contributed by atoms with van der Waals surface area (Å²) in [5.41, 5.74) is 2.27. The van der Waals surface area contributed by atoms with E-state index in [0.29, 0.717) is 0 Å². The quantitative estimate of drug-likeness (QED) is 0.726. The van der Waals surface area contributed by atoms with E-state index in [2.05, 4.69) is 44.2 Å². The predicted octanol–water partition coefficient (Wildman–Crippen LogP) is 2.61. The SMILES string of the molecule is COc1ccc(Cc2cc(C=CC(O)c3nn[nH]n3)cs2)cc1. The fourth-order valence-corrected chi connectivity index (χ4v) is 2.99. The molecule has 0 saturated heterocycles. The molecule has 0 amide bonds. The zero-order valence-corrected chi connectivity index (χ0v) is 13.3. The van der Waals surface area contributed by atoms with Crippen molar-refractivity contribution in [3.05, 3.63) is 63.6 Å². The van der Waals surface area contributed by atoms with E-state index >= 15 is 0 Å². The molecule has 0 aliphatic carbocycles. The fraction of sp³-hybridized carbons (Fsp3) is 0.188. The predicted molar refractivity (Wildman–Crippen MR) is 88.3 cm³/mol. The molecule has 0 fully saturated rings. The molecule has 0 bridgehead atoms. The number of benzene rings is 1. The second kappa shape index (κ2) is 7.17. The molecular weight excluding hydrogens is 312 g/mol. The van der Waals surface area contributed by atoms with Gasteiger partial charge >= 0.3 is 0 Å². The van der Waals surface area contributed by atoms with Gasteiger partial charge in [-0.05, 0) is 40.8 Å². The van der Waals surface area contributed by atoms with Crippen LogP contribution in [-0.2, 0) is 6.42 Å². The molecule has 2 heterocycles. The van der Waals surface area contributed by atoms with Crippen molar-refractivity contribution < 1.29 is 9.84 Å². The lowest BCUT2D eigenvalue weighted by atomic mass is 10.1. The molecular formula is C16H16N4O2S. The van der Waals surface area contributed by atoms with Gasteiger partial charge in [0.25, 0.3) is 0 Å². The molecule has 118 valence electrons. The van der Waals surface area contributed by atoms with Crippen molar-refractivity contribution in [1.82, 2.24) is 20.6 Å². The van der Waals surface area contributed by atoms with Gasteiger partial charge in [0.1, 0.15) is 11.9 Å². The van der Waals surface area contributed by atoms with Crippen molar-refractivity contribution >= 4 is 17.4 Å². The molecule has 1 unspecified atom stereocenters. The number of aliphatic hydroxyl groups excluding tert-OH is 1. The summed E-state index contributed by atoms with van der Waals surface area (Å²) in [6.07, 6.45) is 3.51. The van der Waals surface area contributed by atoms with Gasteiger partial charge in [0, 0.05) is 11.3 Å². The Labute approximate surface area is 137 Å². The summed E-state index contributed by atoms with van der Waals surface area (Å²) in [7, 11) is 1.66.